The number of halogens is 1. The van der Waals surface area contributed by atoms with Crippen LogP contribution in [0.2, 0.25) is 5.02 Å². The molecule has 1 aromatic carbocycles. The average Bonchev–Trinajstić information content (AvgIpc) is 2.31. The SMILES string of the molecule is OC(CC1CCNCC1)c1ccc(Cl)cc1. The molecule has 1 aliphatic rings. The van der Waals surface area contributed by atoms with Crippen molar-refractivity contribution in [3.8, 4) is 0 Å². The third-order valence-electron chi connectivity index (χ3n) is 3.27. The van der Waals surface area contributed by atoms with Crippen molar-refractivity contribution in [2.75, 3.05) is 13.1 Å². The van der Waals surface area contributed by atoms with Crippen molar-refractivity contribution < 1.29 is 5.11 Å². The molecule has 1 unspecified atom stereocenters. The van der Waals surface area contributed by atoms with E-state index in [0.29, 0.717) is 5.92 Å². The zero-order valence-corrected chi connectivity index (χ0v) is 10.1. The summed E-state index contributed by atoms with van der Waals surface area (Å²) in [7, 11) is 0. The van der Waals surface area contributed by atoms with Crippen molar-refractivity contribution in [3.63, 3.8) is 0 Å². The number of aliphatic hydroxyl groups is 1. The first-order valence-electron chi connectivity index (χ1n) is 5.90. The minimum Gasteiger partial charge on any atom is -0.388 e. The summed E-state index contributed by atoms with van der Waals surface area (Å²) in [4.78, 5) is 0. The van der Waals surface area contributed by atoms with Gasteiger partial charge < -0.3 is 10.4 Å². The lowest BCUT2D eigenvalue weighted by Gasteiger charge is -2.24. The molecule has 0 saturated carbocycles. The molecule has 2 N–H and O–H groups in total. The first-order chi connectivity index (χ1) is 7.75. The lowest BCUT2D eigenvalue weighted by Crippen LogP contribution is -2.28. The molecule has 1 atom stereocenters. The Morgan fingerprint density at radius 3 is 2.50 bits per heavy atom. The monoisotopic (exact) mass is 239 g/mol. The molecule has 16 heavy (non-hydrogen) atoms. The maximum Gasteiger partial charge on any atom is 0.0792 e. The Balaban J connectivity index is 1.91. The van der Waals surface area contributed by atoms with Crippen LogP contribution >= 0.6 is 11.6 Å². The summed E-state index contributed by atoms with van der Waals surface area (Å²) in [5.41, 5.74) is 0.975. The lowest BCUT2D eigenvalue weighted by atomic mass is 9.90. The van der Waals surface area contributed by atoms with Gasteiger partial charge in [-0.15, -0.1) is 0 Å². The quantitative estimate of drug-likeness (QED) is 0.850. The van der Waals surface area contributed by atoms with Crippen LogP contribution in [0, 0.1) is 5.92 Å². The largest absolute Gasteiger partial charge is 0.388 e. The highest BCUT2D eigenvalue weighted by Gasteiger charge is 2.18. The number of hydrogen-bond donors (Lipinski definition) is 2. The summed E-state index contributed by atoms with van der Waals surface area (Å²) in [6.45, 7) is 2.16. The molecular weight excluding hydrogens is 222 g/mol. The van der Waals surface area contributed by atoms with Crippen LogP contribution in [-0.2, 0) is 0 Å². The summed E-state index contributed by atoms with van der Waals surface area (Å²) in [5, 5.41) is 14.2. The van der Waals surface area contributed by atoms with Crippen LogP contribution in [0.25, 0.3) is 0 Å². The highest BCUT2D eigenvalue weighted by Crippen LogP contribution is 2.26. The molecular formula is C13H18ClNO. The van der Waals surface area contributed by atoms with Gasteiger partial charge in [0.25, 0.3) is 0 Å². The van der Waals surface area contributed by atoms with Crippen molar-refractivity contribution >= 4 is 11.6 Å². The number of piperidine rings is 1. The van der Waals surface area contributed by atoms with E-state index in [0.717, 1.165) is 30.1 Å². The van der Waals surface area contributed by atoms with Gasteiger partial charge >= 0.3 is 0 Å². The van der Waals surface area contributed by atoms with E-state index in [1.807, 2.05) is 24.3 Å². The molecule has 3 heteroatoms. The fourth-order valence-corrected chi connectivity index (χ4v) is 2.38. The van der Waals surface area contributed by atoms with Crippen molar-refractivity contribution in [3.05, 3.63) is 34.9 Å². The predicted octanol–water partition coefficient (Wildman–Crippen LogP) is 2.76. The average molecular weight is 240 g/mol. The second-order valence-corrected chi connectivity index (χ2v) is 4.93. The van der Waals surface area contributed by atoms with Crippen LogP contribution in [0.1, 0.15) is 30.9 Å². The predicted molar refractivity (Wildman–Crippen MR) is 66.6 cm³/mol. The van der Waals surface area contributed by atoms with E-state index in [4.69, 9.17) is 11.6 Å². The van der Waals surface area contributed by atoms with Crippen LogP contribution in [0.5, 0.6) is 0 Å². The minimum absolute atomic E-state index is 0.347. The summed E-state index contributed by atoms with van der Waals surface area (Å²) < 4.78 is 0. The molecule has 0 amide bonds. The van der Waals surface area contributed by atoms with E-state index in [1.165, 1.54) is 12.8 Å². The smallest absolute Gasteiger partial charge is 0.0792 e. The molecule has 1 saturated heterocycles. The molecule has 2 rings (SSSR count). The summed E-state index contributed by atoms with van der Waals surface area (Å²) >= 11 is 5.82. The van der Waals surface area contributed by atoms with E-state index in [9.17, 15) is 5.11 Å². The molecule has 0 bridgehead atoms. The summed E-state index contributed by atoms with van der Waals surface area (Å²) in [5.74, 6) is 0.645. The van der Waals surface area contributed by atoms with Gasteiger partial charge in [-0.05, 0) is 56.0 Å². The third kappa shape index (κ3) is 3.21. The van der Waals surface area contributed by atoms with Crippen molar-refractivity contribution in [2.45, 2.75) is 25.4 Å². The Morgan fingerprint density at radius 1 is 1.25 bits per heavy atom. The normalized spacial score (nSPS) is 19.6. The molecule has 88 valence electrons. The molecule has 0 radical (unpaired) electrons. The Morgan fingerprint density at radius 2 is 1.88 bits per heavy atom. The number of hydrogen-bond acceptors (Lipinski definition) is 2. The van der Waals surface area contributed by atoms with Crippen LogP contribution in [0.4, 0.5) is 0 Å². The second kappa shape index (κ2) is 5.67. The van der Waals surface area contributed by atoms with Gasteiger partial charge in [-0.25, -0.2) is 0 Å². The molecule has 1 fully saturated rings. The fourth-order valence-electron chi connectivity index (χ4n) is 2.25. The third-order valence-corrected chi connectivity index (χ3v) is 3.52. The van der Waals surface area contributed by atoms with E-state index < -0.39 is 0 Å². The highest BCUT2D eigenvalue weighted by molar-refractivity contribution is 6.30. The van der Waals surface area contributed by atoms with Crippen LogP contribution in [-0.4, -0.2) is 18.2 Å². The first kappa shape index (κ1) is 11.9. The van der Waals surface area contributed by atoms with Gasteiger partial charge in [0.1, 0.15) is 0 Å². The number of aliphatic hydroxyl groups excluding tert-OH is 1. The Labute approximate surface area is 102 Å². The van der Waals surface area contributed by atoms with E-state index in [-0.39, 0.29) is 6.10 Å². The molecule has 0 aliphatic carbocycles. The molecule has 1 aliphatic heterocycles. The maximum atomic E-state index is 10.1. The topological polar surface area (TPSA) is 32.3 Å². The highest BCUT2D eigenvalue weighted by atomic mass is 35.5. The lowest BCUT2D eigenvalue weighted by molar-refractivity contribution is 0.133. The molecule has 0 aromatic heterocycles. The number of rotatable bonds is 3. The Hall–Kier alpha value is -0.570. The van der Waals surface area contributed by atoms with Gasteiger partial charge in [-0.2, -0.15) is 0 Å². The van der Waals surface area contributed by atoms with E-state index >= 15 is 0 Å². The minimum atomic E-state index is -0.347. The zero-order chi connectivity index (χ0) is 11.4. The Kier molecular flexibility index (Phi) is 4.22. The van der Waals surface area contributed by atoms with Gasteiger partial charge in [-0.1, -0.05) is 23.7 Å². The van der Waals surface area contributed by atoms with Gasteiger partial charge in [0, 0.05) is 5.02 Å². The van der Waals surface area contributed by atoms with E-state index in [2.05, 4.69) is 5.32 Å². The summed E-state index contributed by atoms with van der Waals surface area (Å²) in [6.07, 6.45) is 2.86. The molecule has 1 aromatic rings. The molecule has 2 nitrogen and oxygen atoms in total. The van der Waals surface area contributed by atoms with Crippen molar-refractivity contribution in [1.29, 1.82) is 0 Å². The van der Waals surface area contributed by atoms with Gasteiger partial charge in [0.15, 0.2) is 0 Å². The van der Waals surface area contributed by atoms with Crippen LogP contribution < -0.4 is 5.32 Å². The fraction of sp³-hybridized carbons (Fsp3) is 0.538. The molecule has 1 heterocycles. The van der Waals surface area contributed by atoms with Crippen LogP contribution in [0.3, 0.4) is 0 Å². The second-order valence-electron chi connectivity index (χ2n) is 4.50. The standard InChI is InChI=1S/C13H18ClNO/c14-12-3-1-11(2-4-12)13(16)9-10-5-7-15-8-6-10/h1-4,10,13,15-16H,5-9H2. The van der Waals surface area contributed by atoms with Gasteiger partial charge in [-0.3, -0.25) is 0 Å². The first-order valence-corrected chi connectivity index (χ1v) is 6.28. The van der Waals surface area contributed by atoms with Gasteiger partial charge in [0.05, 0.1) is 6.10 Å². The van der Waals surface area contributed by atoms with Crippen molar-refractivity contribution in [1.82, 2.24) is 5.32 Å². The molecule has 0 spiro atoms. The van der Waals surface area contributed by atoms with Crippen LogP contribution in [0.15, 0.2) is 24.3 Å². The van der Waals surface area contributed by atoms with E-state index in [1.54, 1.807) is 0 Å². The number of nitrogens with one attached hydrogen (secondary N) is 1. The van der Waals surface area contributed by atoms with Crippen molar-refractivity contribution in [2.24, 2.45) is 5.92 Å². The summed E-state index contributed by atoms with van der Waals surface area (Å²) in [6, 6.07) is 7.49. The van der Waals surface area contributed by atoms with Gasteiger partial charge in [0.2, 0.25) is 0 Å². The Bertz CT molecular complexity index is 319. The zero-order valence-electron chi connectivity index (χ0n) is 9.32. The maximum absolute atomic E-state index is 10.1. The number of benzene rings is 1.